The minimum atomic E-state index is -0.631. The van der Waals surface area contributed by atoms with Crippen LogP contribution in [-0.2, 0) is 4.74 Å². The number of carbonyl (C=O) groups excluding carboxylic acids is 1. The molecule has 2 aliphatic rings. The van der Waals surface area contributed by atoms with Crippen molar-refractivity contribution in [1.82, 2.24) is 9.97 Å². The van der Waals surface area contributed by atoms with Crippen LogP contribution in [0.2, 0.25) is 0 Å². The van der Waals surface area contributed by atoms with Crippen LogP contribution in [0.3, 0.4) is 0 Å². The molecule has 4 rings (SSSR count). The number of nitrogens with two attached hydrogens (primary N) is 1. The van der Waals surface area contributed by atoms with E-state index in [4.69, 9.17) is 10.5 Å². The van der Waals surface area contributed by atoms with Gasteiger partial charge >= 0.3 is 0 Å². The number of nitrogens with zero attached hydrogens (tertiary/aromatic N) is 2. The summed E-state index contributed by atoms with van der Waals surface area (Å²) in [5, 5.41) is 10.4. The average Bonchev–Trinajstić information content (AvgIpc) is 3.39. The van der Waals surface area contributed by atoms with Crippen molar-refractivity contribution in [3.63, 3.8) is 0 Å². The summed E-state index contributed by atoms with van der Waals surface area (Å²) in [7, 11) is 0. The van der Waals surface area contributed by atoms with Crippen LogP contribution in [0.5, 0.6) is 0 Å². The highest BCUT2D eigenvalue weighted by molar-refractivity contribution is 5.98. The van der Waals surface area contributed by atoms with Crippen molar-refractivity contribution in [3.05, 3.63) is 60.2 Å². The maximum Gasteiger partial charge on any atom is 0.267 e. The predicted octanol–water partition coefficient (Wildman–Crippen LogP) is 2.15. The SMILES string of the molecule is C=C1C(O)CC(c2ccnc(C(N)=O)c2-c2cccnc2)OC12CC2. The number of hydrogen-bond acceptors (Lipinski definition) is 5. The highest BCUT2D eigenvalue weighted by atomic mass is 16.5. The van der Waals surface area contributed by atoms with E-state index in [1.807, 2.05) is 12.1 Å². The molecular weight excluding hydrogens is 318 g/mol. The molecule has 25 heavy (non-hydrogen) atoms. The van der Waals surface area contributed by atoms with Gasteiger partial charge in [-0.1, -0.05) is 12.6 Å². The zero-order valence-corrected chi connectivity index (χ0v) is 13.7. The van der Waals surface area contributed by atoms with Gasteiger partial charge in [0.15, 0.2) is 0 Å². The Balaban J connectivity index is 1.84. The van der Waals surface area contributed by atoms with Crippen LogP contribution in [0.4, 0.5) is 0 Å². The zero-order chi connectivity index (χ0) is 17.6. The number of primary amides is 1. The van der Waals surface area contributed by atoms with Gasteiger partial charge in [-0.25, -0.2) is 0 Å². The molecule has 2 atom stereocenters. The van der Waals surface area contributed by atoms with Crippen molar-refractivity contribution in [3.8, 4) is 11.1 Å². The number of pyridine rings is 2. The maximum absolute atomic E-state index is 11.9. The second-order valence-corrected chi connectivity index (χ2v) is 6.61. The Labute approximate surface area is 145 Å². The lowest BCUT2D eigenvalue weighted by atomic mass is 9.87. The summed E-state index contributed by atoms with van der Waals surface area (Å²) in [5.74, 6) is -0.609. The normalized spacial score (nSPS) is 24.3. The van der Waals surface area contributed by atoms with Crippen LogP contribution in [0.15, 0.2) is 48.9 Å². The minimum absolute atomic E-state index is 0.179. The van der Waals surface area contributed by atoms with E-state index in [1.54, 1.807) is 24.7 Å². The molecule has 1 amide bonds. The Bertz CT molecular complexity index is 846. The molecule has 2 fully saturated rings. The number of aliphatic hydroxyl groups excluding tert-OH is 1. The van der Waals surface area contributed by atoms with Crippen LogP contribution >= 0.6 is 0 Å². The van der Waals surface area contributed by atoms with E-state index in [0.717, 1.165) is 29.5 Å². The number of hydrogen-bond donors (Lipinski definition) is 2. The molecule has 0 aromatic carbocycles. The second-order valence-electron chi connectivity index (χ2n) is 6.61. The summed E-state index contributed by atoms with van der Waals surface area (Å²) in [6.45, 7) is 3.99. The third-order valence-corrected chi connectivity index (χ3v) is 5.01. The number of carbonyl (C=O) groups is 1. The Morgan fingerprint density at radius 2 is 2.16 bits per heavy atom. The highest BCUT2D eigenvalue weighted by Gasteiger charge is 2.53. The highest BCUT2D eigenvalue weighted by Crippen LogP contribution is 2.54. The summed E-state index contributed by atoms with van der Waals surface area (Å²) in [6.07, 6.45) is 5.98. The van der Waals surface area contributed by atoms with E-state index in [2.05, 4.69) is 16.5 Å². The first-order chi connectivity index (χ1) is 12.0. The molecule has 6 nitrogen and oxygen atoms in total. The number of rotatable bonds is 3. The van der Waals surface area contributed by atoms with Crippen molar-refractivity contribution in [2.75, 3.05) is 0 Å². The van der Waals surface area contributed by atoms with E-state index in [9.17, 15) is 9.90 Å². The first-order valence-corrected chi connectivity index (χ1v) is 8.26. The van der Waals surface area contributed by atoms with Gasteiger partial charge in [0.05, 0.1) is 17.8 Å². The van der Waals surface area contributed by atoms with Crippen LogP contribution in [0.1, 0.15) is 41.4 Å². The first-order valence-electron chi connectivity index (χ1n) is 8.26. The quantitative estimate of drug-likeness (QED) is 0.836. The Kier molecular flexibility index (Phi) is 3.67. The number of amides is 1. The average molecular weight is 337 g/mol. The molecule has 2 aromatic rings. The van der Waals surface area contributed by atoms with Crippen molar-refractivity contribution in [1.29, 1.82) is 0 Å². The first kappa shape index (κ1) is 15.9. The molecule has 3 N–H and O–H groups in total. The molecule has 6 heteroatoms. The molecule has 0 bridgehead atoms. The molecule has 1 aliphatic heterocycles. The van der Waals surface area contributed by atoms with Gasteiger partial charge in [-0.05, 0) is 36.1 Å². The Morgan fingerprint density at radius 1 is 1.36 bits per heavy atom. The van der Waals surface area contributed by atoms with Gasteiger partial charge in [0.25, 0.3) is 5.91 Å². The number of aliphatic hydroxyl groups is 1. The molecule has 2 aromatic heterocycles. The third kappa shape index (κ3) is 2.63. The van der Waals surface area contributed by atoms with Crippen LogP contribution < -0.4 is 5.73 Å². The van der Waals surface area contributed by atoms with Gasteiger partial charge in [-0.3, -0.25) is 14.8 Å². The van der Waals surface area contributed by atoms with Crippen molar-refractivity contribution < 1.29 is 14.6 Å². The number of aromatic nitrogens is 2. The van der Waals surface area contributed by atoms with Gasteiger partial charge in [-0.15, -0.1) is 0 Å². The zero-order valence-electron chi connectivity index (χ0n) is 13.7. The molecule has 128 valence electrons. The van der Waals surface area contributed by atoms with Gasteiger partial charge < -0.3 is 15.6 Å². The van der Waals surface area contributed by atoms with Crippen LogP contribution in [-0.4, -0.2) is 32.7 Å². The largest absolute Gasteiger partial charge is 0.389 e. The summed E-state index contributed by atoms with van der Waals surface area (Å²) in [6, 6.07) is 5.46. The van der Waals surface area contributed by atoms with Crippen LogP contribution in [0.25, 0.3) is 11.1 Å². The molecule has 1 saturated carbocycles. The molecule has 3 heterocycles. The molecule has 2 unspecified atom stereocenters. The lowest BCUT2D eigenvalue weighted by Crippen LogP contribution is -2.35. The van der Waals surface area contributed by atoms with Gasteiger partial charge in [0.2, 0.25) is 0 Å². The van der Waals surface area contributed by atoms with Crippen molar-refractivity contribution in [2.24, 2.45) is 5.73 Å². The number of ether oxygens (including phenoxy) is 1. The minimum Gasteiger partial charge on any atom is -0.389 e. The van der Waals surface area contributed by atoms with E-state index < -0.39 is 17.6 Å². The third-order valence-electron chi connectivity index (χ3n) is 5.01. The molecular formula is C19H19N3O3. The summed E-state index contributed by atoms with van der Waals surface area (Å²) >= 11 is 0. The van der Waals surface area contributed by atoms with Gasteiger partial charge in [0.1, 0.15) is 5.69 Å². The topological polar surface area (TPSA) is 98.3 Å². The Morgan fingerprint density at radius 3 is 2.80 bits per heavy atom. The molecule has 0 radical (unpaired) electrons. The van der Waals surface area contributed by atoms with E-state index in [1.165, 1.54) is 0 Å². The standard InChI is InChI=1S/C19H19N3O3/c1-11-14(23)9-15(25-19(11)5-6-19)13-4-8-22-17(18(20)24)16(13)12-3-2-7-21-10-12/h2-4,7-8,10,14-15,23H,1,5-6,9H2,(H2,20,24). The van der Waals surface area contributed by atoms with E-state index in [0.29, 0.717) is 12.0 Å². The molecule has 1 spiro atoms. The van der Waals surface area contributed by atoms with Crippen molar-refractivity contribution >= 4 is 5.91 Å². The summed E-state index contributed by atoms with van der Waals surface area (Å²) in [4.78, 5) is 20.2. The van der Waals surface area contributed by atoms with Crippen molar-refractivity contribution in [2.45, 2.75) is 37.1 Å². The van der Waals surface area contributed by atoms with Gasteiger partial charge in [0, 0.05) is 36.1 Å². The fourth-order valence-electron chi connectivity index (χ4n) is 3.53. The second kappa shape index (κ2) is 5.75. The summed E-state index contributed by atoms with van der Waals surface area (Å²) < 4.78 is 6.29. The van der Waals surface area contributed by atoms with Crippen LogP contribution in [0, 0.1) is 0 Å². The predicted molar refractivity (Wildman–Crippen MR) is 91.5 cm³/mol. The molecule has 1 saturated heterocycles. The van der Waals surface area contributed by atoms with E-state index >= 15 is 0 Å². The monoisotopic (exact) mass is 337 g/mol. The fraction of sp³-hybridized carbons (Fsp3) is 0.316. The molecule has 1 aliphatic carbocycles. The smallest absolute Gasteiger partial charge is 0.267 e. The maximum atomic E-state index is 11.9. The lowest BCUT2D eigenvalue weighted by molar-refractivity contribution is -0.0722. The Hall–Kier alpha value is -2.57. The fourth-order valence-corrected chi connectivity index (χ4v) is 3.53. The summed E-state index contributed by atoms with van der Waals surface area (Å²) in [5.41, 5.74) is 8.17. The lowest BCUT2D eigenvalue weighted by Gasteiger charge is -2.36. The van der Waals surface area contributed by atoms with Gasteiger partial charge in [-0.2, -0.15) is 0 Å². The van der Waals surface area contributed by atoms with E-state index in [-0.39, 0.29) is 11.8 Å².